The van der Waals surface area contributed by atoms with Gasteiger partial charge >= 0.3 is 0 Å². The smallest absolute Gasteiger partial charge is 0.175 e. The molecule has 1 aromatic rings. The molecule has 1 saturated carbocycles. The highest BCUT2D eigenvalue weighted by Crippen LogP contribution is 2.33. The molecular formula is C20H30N2O2S. The Morgan fingerprint density at radius 1 is 1.00 bits per heavy atom. The zero-order valence-corrected chi connectivity index (χ0v) is 16.0. The Kier molecular flexibility index (Phi) is 4.91. The van der Waals surface area contributed by atoms with Crippen LogP contribution in [0.25, 0.3) is 0 Å². The van der Waals surface area contributed by atoms with Crippen molar-refractivity contribution in [1.82, 2.24) is 9.80 Å². The van der Waals surface area contributed by atoms with Crippen molar-refractivity contribution >= 4 is 9.84 Å². The zero-order chi connectivity index (χ0) is 17.4. The van der Waals surface area contributed by atoms with Crippen LogP contribution in [0.2, 0.25) is 0 Å². The number of nitrogens with zero attached hydrogens (tertiary/aromatic N) is 2. The number of hydrogen-bond donors (Lipinski definition) is 0. The van der Waals surface area contributed by atoms with Crippen molar-refractivity contribution < 1.29 is 8.42 Å². The van der Waals surface area contributed by atoms with Crippen LogP contribution in [0.15, 0.2) is 29.2 Å². The number of benzene rings is 1. The average molecular weight is 363 g/mol. The van der Waals surface area contributed by atoms with Crippen molar-refractivity contribution in [2.24, 2.45) is 11.8 Å². The number of hydrogen-bond acceptors (Lipinski definition) is 4. The van der Waals surface area contributed by atoms with E-state index in [1.807, 2.05) is 12.1 Å². The Morgan fingerprint density at radius 3 is 2.40 bits per heavy atom. The normalized spacial score (nSPS) is 28.7. The second-order valence-corrected chi connectivity index (χ2v) is 10.5. The molecule has 0 radical (unpaired) electrons. The van der Waals surface area contributed by atoms with E-state index in [2.05, 4.69) is 9.80 Å². The van der Waals surface area contributed by atoms with Gasteiger partial charge in [0.25, 0.3) is 0 Å². The topological polar surface area (TPSA) is 40.6 Å². The lowest BCUT2D eigenvalue weighted by atomic mass is 9.83. The molecule has 0 aromatic heterocycles. The highest BCUT2D eigenvalue weighted by molar-refractivity contribution is 7.90. The van der Waals surface area contributed by atoms with E-state index in [0.29, 0.717) is 4.90 Å². The van der Waals surface area contributed by atoms with Crippen molar-refractivity contribution in [3.8, 4) is 0 Å². The van der Waals surface area contributed by atoms with Gasteiger partial charge in [0.2, 0.25) is 0 Å². The van der Waals surface area contributed by atoms with Gasteiger partial charge in [-0.25, -0.2) is 8.42 Å². The van der Waals surface area contributed by atoms with Crippen molar-refractivity contribution in [2.75, 3.05) is 32.4 Å². The average Bonchev–Trinajstić information content (AvgIpc) is 2.81. The minimum absolute atomic E-state index is 0.416. The zero-order valence-electron chi connectivity index (χ0n) is 15.2. The molecule has 1 aliphatic carbocycles. The summed E-state index contributed by atoms with van der Waals surface area (Å²) in [6, 6.07) is 8.18. The van der Waals surface area contributed by atoms with Crippen LogP contribution >= 0.6 is 0 Å². The van der Waals surface area contributed by atoms with Crippen LogP contribution in [0.4, 0.5) is 0 Å². The van der Waals surface area contributed by atoms with Crippen molar-refractivity contribution in [1.29, 1.82) is 0 Å². The summed E-state index contributed by atoms with van der Waals surface area (Å²) >= 11 is 0. The molecule has 3 saturated heterocycles. The lowest BCUT2D eigenvalue weighted by Crippen LogP contribution is -2.46. The van der Waals surface area contributed by atoms with Crippen molar-refractivity contribution in [3.05, 3.63) is 29.8 Å². The van der Waals surface area contributed by atoms with Crippen LogP contribution in [-0.4, -0.2) is 56.7 Å². The molecule has 0 unspecified atom stereocenters. The fourth-order valence-electron chi connectivity index (χ4n) is 4.74. The summed E-state index contributed by atoms with van der Waals surface area (Å²) in [4.78, 5) is 5.79. The fraction of sp³-hybridized carbons (Fsp3) is 0.700. The maximum atomic E-state index is 11.6. The summed E-state index contributed by atoms with van der Waals surface area (Å²) in [6.45, 7) is 5.89. The summed E-state index contributed by atoms with van der Waals surface area (Å²) in [7, 11) is -3.10. The summed E-state index contributed by atoms with van der Waals surface area (Å²) < 4.78 is 23.2. The molecule has 4 nitrogen and oxygen atoms in total. The van der Waals surface area contributed by atoms with Crippen molar-refractivity contribution in [2.45, 2.75) is 49.6 Å². The molecule has 0 amide bonds. The van der Waals surface area contributed by atoms with Gasteiger partial charge in [-0.1, -0.05) is 18.6 Å². The van der Waals surface area contributed by atoms with Gasteiger partial charge in [0.1, 0.15) is 0 Å². The molecule has 1 aromatic carbocycles. The van der Waals surface area contributed by atoms with Gasteiger partial charge in [-0.2, -0.15) is 0 Å². The van der Waals surface area contributed by atoms with E-state index in [9.17, 15) is 8.42 Å². The molecule has 4 aliphatic rings. The SMILES string of the molecule is CS(=O)(=O)c1ccc(CN2C[C@@H]3CC[C@H](C2)N(CC2CCC2)C3)cc1. The Balaban J connectivity index is 1.40. The molecule has 0 N–H and O–H groups in total. The molecule has 2 bridgehead atoms. The minimum Gasteiger partial charge on any atom is -0.299 e. The predicted octanol–water partition coefficient (Wildman–Crippen LogP) is 2.79. The molecule has 5 rings (SSSR count). The van der Waals surface area contributed by atoms with E-state index in [4.69, 9.17) is 0 Å². The van der Waals surface area contributed by atoms with E-state index in [0.717, 1.165) is 31.0 Å². The molecule has 2 atom stereocenters. The lowest BCUT2D eigenvalue weighted by molar-refractivity contribution is 0.0891. The third-order valence-electron chi connectivity index (χ3n) is 6.38. The van der Waals surface area contributed by atoms with Crippen molar-refractivity contribution in [3.63, 3.8) is 0 Å². The number of piperidine rings is 1. The fourth-order valence-corrected chi connectivity index (χ4v) is 5.37. The molecular weight excluding hydrogens is 332 g/mol. The first-order valence-corrected chi connectivity index (χ1v) is 11.6. The van der Waals surface area contributed by atoms with Gasteiger partial charge in [0.15, 0.2) is 9.84 Å². The monoisotopic (exact) mass is 362 g/mol. The molecule has 5 heteroatoms. The highest BCUT2D eigenvalue weighted by atomic mass is 32.2. The van der Waals surface area contributed by atoms with Crippen LogP contribution in [0.1, 0.15) is 37.7 Å². The number of rotatable bonds is 5. The summed E-state index contributed by atoms with van der Waals surface area (Å²) in [5.41, 5.74) is 1.22. The maximum Gasteiger partial charge on any atom is 0.175 e. The molecule has 138 valence electrons. The van der Waals surface area contributed by atoms with Crippen LogP contribution in [0.3, 0.4) is 0 Å². The van der Waals surface area contributed by atoms with E-state index in [1.165, 1.54) is 63.6 Å². The van der Waals surface area contributed by atoms with Gasteiger partial charge in [-0.15, -0.1) is 0 Å². The standard InChI is InChI=1S/C20H30N2O2S/c1-25(23,24)20-9-6-17(7-10-20)11-21-12-18-5-8-19(15-21)22(14-18)13-16-3-2-4-16/h6-7,9-10,16,18-19H,2-5,8,11-15H2,1H3/t18-,19+/m0/s1. The quantitative estimate of drug-likeness (QED) is 0.808. The molecule has 4 fully saturated rings. The largest absolute Gasteiger partial charge is 0.299 e. The predicted molar refractivity (Wildman–Crippen MR) is 100 cm³/mol. The number of fused-ring (bicyclic) bond motifs is 4. The third kappa shape index (κ3) is 4.09. The van der Waals surface area contributed by atoms with Crippen LogP contribution in [-0.2, 0) is 16.4 Å². The molecule has 3 heterocycles. The summed E-state index contributed by atoms with van der Waals surface area (Å²) in [5.74, 6) is 1.76. The first-order valence-electron chi connectivity index (χ1n) is 9.73. The minimum atomic E-state index is -3.10. The second kappa shape index (κ2) is 7.01. The van der Waals surface area contributed by atoms with Gasteiger partial charge in [0, 0.05) is 45.0 Å². The van der Waals surface area contributed by atoms with Gasteiger partial charge in [-0.3, -0.25) is 9.80 Å². The van der Waals surface area contributed by atoms with E-state index < -0.39 is 9.84 Å². The Morgan fingerprint density at radius 2 is 1.76 bits per heavy atom. The lowest BCUT2D eigenvalue weighted by Gasteiger charge is -2.40. The number of sulfone groups is 1. The van der Waals surface area contributed by atoms with Crippen LogP contribution < -0.4 is 0 Å². The van der Waals surface area contributed by atoms with E-state index >= 15 is 0 Å². The Bertz CT molecular complexity index is 697. The summed E-state index contributed by atoms with van der Waals surface area (Å²) in [5, 5.41) is 0. The van der Waals surface area contributed by atoms with Gasteiger partial charge < -0.3 is 0 Å². The van der Waals surface area contributed by atoms with E-state index in [1.54, 1.807) is 12.1 Å². The second-order valence-electron chi connectivity index (χ2n) is 8.46. The Labute approximate surface area is 152 Å². The van der Waals surface area contributed by atoms with Gasteiger partial charge in [0.05, 0.1) is 4.90 Å². The maximum absolute atomic E-state index is 11.6. The summed E-state index contributed by atoms with van der Waals surface area (Å²) in [6.07, 6.45) is 8.29. The third-order valence-corrected chi connectivity index (χ3v) is 7.51. The van der Waals surface area contributed by atoms with Crippen LogP contribution in [0.5, 0.6) is 0 Å². The molecule has 25 heavy (non-hydrogen) atoms. The van der Waals surface area contributed by atoms with Gasteiger partial charge in [-0.05, 0) is 55.2 Å². The Hall–Kier alpha value is -0.910. The first-order chi connectivity index (χ1) is 12.0. The molecule has 3 aliphatic heterocycles. The highest BCUT2D eigenvalue weighted by Gasteiger charge is 2.36. The van der Waals surface area contributed by atoms with Crippen LogP contribution in [0, 0.1) is 11.8 Å². The molecule has 0 spiro atoms. The van der Waals surface area contributed by atoms with E-state index in [-0.39, 0.29) is 0 Å². The first kappa shape index (κ1) is 17.5.